The van der Waals surface area contributed by atoms with Gasteiger partial charge in [-0.15, -0.1) is 11.3 Å². The number of para-hydroxylation sites is 2. The summed E-state index contributed by atoms with van der Waals surface area (Å²) in [7, 11) is 1.34. The second-order valence-electron chi connectivity index (χ2n) is 5.87. The van der Waals surface area contributed by atoms with E-state index in [9.17, 15) is 9.59 Å². The number of hydrogen-bond acceptors (Lipinski definition) is 6. The van der Waals surface area contributed by atoms with Crippen molar-refractivity contribution >= 4 is 23.2 Å². The predicted molar refractivity (Wildman–Crippen MR) is 90.8 cm³/mol. The van der Waals surface area contributed by atoms with Crippen molar-refractivity contribution in [1.29, 1.82) is 0 Å². The zero-order valence-electron chi connectivity index (χ0n) is 13.6. The number of ether oxygens (including phenoxy) is 3. The lowest BCUT2D eigenvalue weighted by Gasteiger charge is -2.37. The van der Waals surface area contributed by atoms with E-state index in [1.54, 1.807) is 28.4 Å². The minimum absolute atomic E-state index is 0.122. The van der Waals surface area contributed by atoms with Gasteiger partial charge in [0.15, 0.2) is 17.5 Å². The lowest BCUT2D eigenvalue weighted by atomic mass is 9.99. The summed E-state index contributed by atoms with van der Waals surface area (Å²) in [6, 6.07) is 8.39. The Hall–Kier alpha value is -2.54. The van der Waals surface area contributed by atoms with E-state index in [0.29, 0.717) is 18.0 Å². The van der Waals surface area contributed by atoms with Crippen LogP contribution in [0.2, 0.25) is 0 Å². The maximum absolute atomic E-state index is 13.0. The number of thiophene rings is 1. The van der Waals surface area contributed by atoms with Crippen molar-refractivity contribution in [3.05, 3.63) is 46.2 Å². The molecule has 1 amide bonds. The molecular formula is C18H17NO5S. The summed E-state index contributed by atoms with van der Waals surface area (Å²) in [5.74, 6) is 0.455. The minimum Gasteiger partial charge on any atom is -0.485 e. The van der Waals surface area contributed by atoms with E-state index in [0.717, 1.165) is 16.9 Å². The number of amides is 1. The fourth-order valence-electron chi connectivity index (χ4n) is 3.25. The molecule has 0 saturated carbocycles. The molecule has 0 radical (unpaired) electrons. The van der Waals surface area contributed by atoms with E-state index in [4.69, 9.17) is 14.2 Å². The molecule has 0 fully saturated rings. The Morgan fingerprint density at radius 2 is 2.04 bits per heavy atom. The smallest absolute Gasteiger partial charge is 0.333 e. The molecule has 1 aromatic heterocycles. The number of nitrogens with zero attached hydrogens (tertiary/aromatic N) is 1. The summed E-state index contributed by atoms with van der Waals surface area (Å²) in [5, 5.41) is 1.94. The molecule has 2 aliphatic rings. The Bertz CT molecular complexity index is 817. The van der Waals surface area contributed by atoms with Gasteiger partial charge in [0.25, 0.3) is 5.91 Å². The first-order valence-corrected chi connectivity index (χ1v) is 8.90. The first-order chi connectivity index (χ1) is 12.2. The van der Waals surface area contributed by atoms with Gasteiger partial charge in [0.1, 0.15) is 6.61 Å². The summed E-state index contributed by atoms with van der Waals surface area (Å²) in [6.45, 7) is 0.574. The summed E-state index contributed by atoms with van der Waals surface area (Å²) >= 11 is 1.60. The molecule has 3 heterocycles. The van der Waals surface area contributed by atoms with Gasteiger partial charge < -0.3 is 19.1 Å². The van der Waals surface area contributed by atoms with Gasteiger partial charge in [0.05, 0.1) is 7.11 Å². The molecule has 7 heteroatoms. The van der Waals surface area contributed by atoms with Gasteiger partial charge in [-0.2, -0.15) is 0 Å². The lowest BCUT2D eigenvalue weighted by Crippen LogP contribution is -2.51. The molecule has 2 aromatic rings. The van der Waals surface area contributed by atoms with Crippen LogP contribution < -0.4 is 9.47 Å². The Kier molecular flexibility index (Phi) is 4.09. The third kappa shape index (κ3) is 2.74. The Morgan fingerprint density at radius 3 is 2.84 bits per heavy atom. The van der Waals surface area contributed by atoms with E-state index in [-0.39, 0.29) is 12.5 Å². The molecule has 2 unspecified atom stereocenters. The van der Waals surface area contributed by atoms with Crippen molar-refractivity contribution in [2.75, 3.05) is 20.3 Å². The normalized spacial score (nSPS) is 21.4. The van der Waals surface area contributed by atoms with Crippen molar-refractivity contribution in [2.45, 2.75) is 18.6 Å². The molecule has 0 bridgehead atoms. The summed E-state index contributed by atoms with van der Waals surface area (Å²) < 4.78 is 16.4. The zero-order chi connectivity index (χ0) is 17.4. The number of hydrogen-bond donors (Lipinski definition) is 0. The number of carbonyl (C=O) groups is 2. The fourth-order valence-corrected chi connectivity index (χ4v) is 4.15. The van der Waals surface area contributed by atoms with E-state index in [2.05, 4.69) is 0 Å². The van der Waals surface area contributed by atoms with Crippen LogP contribution in [0.25, 0.3) is 0 Å². The maximum Gasteiger partial charge on any atom is 0.333 e. The topological polar surface area (TPSA) is 65.1 Å². The predicted octanol–water partition coefficient (Wildman–Crippen LogP) is 2.19. The van der Waals surface area contributed by atoms with E-state index in [1.165, 1.54) is 7.11 Å². The Labute approximate surface area is 148 Å². The minimum atomic E-state index is -0.776. The highest BCUT2D eigenvalue weighted by molar-refractivity contribution is 7.10. The molecule has 130 valence electrons. The molecule has 2 aliphatic heterocycles. The van der Waals surface area contributed by atoms with Gasteiger partial charge in [-0.3, -0.25) is 4.79 Å². The first-order valence-electron chi connectivity index (χ1n) is 8.02. The quantitative estimate of drug-likeness (QED) is 0.769. The van der Waals surface area contributed by atoms with Gasteiger partial charge in [0, 0.05) is 11.4 Å². The van der Waals surface area contributed by atoms with Crippen LogP contribution in [0.1, 0.15) is 16.5 Å². The summed E-state index contributed by atoms with van der Waals surface area (Å²) in [5.41, 5.74) is 0.841. The number of methoxy groups -OCH3 is 1. The average molecular weight is 359 g/mol. The monoisotopic (exact) mass is 359 g/mol. The molecule has 0 aliphatic carbocycles. The molecule has 6 nitrogen and oxygen atoms in total. The van der Waals surface area contributed by atoms with Crippen LogP contribution in [0, 0.1) is 0 Å². The van der Waals surface area contributed by atoms with Gasteiger partial charge in [-0.25, -0.2) is 4.79 Å². The van der Waals surface area contributed by atoms with Crippen molar-refractivity contribution in [2.24, 2.45) is 0 Å². The summed E-state index contributed by atoms with van der Waals surface area (Å²) in [6.07, 6.45) is -0.0571. The van der Waals surface area contributed by atoms with Crippen LogP contribution in [0.5, 0.6) is 11.5 Å². The molecule has 0 spiro atoms. The van der Waals surface area contributed by atoms with E-state index < -0.39 is 18.1 Å². The Morgan fingerprint density at radius 1 is 1.24 bits per heavy atom. The van der Waals surface area contributed by atoms with Gasteiger partial charge in [0.2, 0.25) is 6.10 Å². The van der Waals surface area contributed by atoms with E-state index >= 15 is 0 Å². The number of esters is 1. The fraction of sp³-hybridized carbons (Fsp3) is 0.333. The number of carbonyl (C=O) groups excluding carboxylic acids is 2. The number of fused-ring (bicyclic) bond motifs is 2. The van der Waals surface area contributed by atoms with Crippen molar-refractivity contribution in [1.82, 2.24) is 4.90 Å². The molecule has 25 heavy (non-hydrogen) atoms. The largest absolute Gasteiger partial charge is 0.485 e. The number of benzene rings is 1. The summed E-state index contributed by atoms with van der Waals surface area (Å²) in [4.78, 5) is 28.0. The van der Waals surface area contributed by atoms with Crippen LogP contribution in [0.3, 0.4) is 0 Å². The molecule has 0 N–H and O–H groups in total. The van der Waals surface area contributed by atoms with Crippen LogP contribution in [-0.4, -0.2) is 43.1 Å². The molecule has 2 atom stereocenters. The highest BCUT2D eigenvalue weighted by Crippen LogP contribution is 2.36. The van der Waals surface area contributed by atoms with Crippen LogP contribution >= 0.6 is 11.3 Å². The maximum atomic E-state index is 13.0. The van der Waals surface area contributed by atoms with Crippen molar-refractivity contribution in [3.63, 3.8) is 0 Å². The third-order valence-corrected chi connectivity index (χ3v) is 5.45. The highest BCUT2D eigenvalue weighted by atomic mass is 32.1. The zero-order valence-corrected chi connectivity index (χ0v) is 14.5. The second-order valence-corrected chi connectivity index (χ2v) is 6.87. The SMILES string of the molecule is COC(=O)C1c2ccsc2CCN1C(=O)C1COc2ccccc2O1. The van der Waals surface area contributed by atoms with Crippen LogP contribution in [0.4, 0.5) is 0 Å². The first kappa shape index (κ1) is 16.0. The van der Waals surface area contributed by atoms with Crippen LogP contribution in [-0.2, 0) is 20.7 Å². The van der Waals surface area contributed by atoms with Gasteiger partial charge in [-0.1, -0.05) is 12.1 Å². The Balaban J connectivity index is 1.60. The van der Waals surface area contributed by atoms with E-state index in [1.807, 2.05) is 23.6 Å². The molecule has 1 aromatic carbocycles. The number of rotatable bonds is 2. The van der Waals surface area contributed by atoms with Gasteiger partial charge >= 0.3 is 5.97 Å². The highest BCUT2D eigenvalue weighted by Gasteiger charge is 2.41. The average Bonchev–Trinajstić information content (AvgIpc) is 3.14. The molecule has 0 saturated heterocycles. The van der Waals surface area contributed by atoms with Crippen molar-refractivity contribution < 1.29 is 23.8 Å². The van der Waals surface area contributed by atoms with Gasteiger partial charge in [-0.05, 0) is 35.6 Å². The third-order valence-electron chi connectivity index (χ3n) is 4.46. The molecule has 4 rings (SSSR count). The van der Waals surface area contributed by atoms with Crippen LogP contribution in [0.15, 0.2) is 35.7 Å². The molecular weight excluding hydrogens is 342 g/mol. The van der Waals surface area contributed by atoms with Crippen molar-refractivity contribution in [3.8, 4) is 11.5 Å². The lowest BCUT2D eigenvalue weighted by molar-refractivity contribution is -0.157. The standard InChI is InChI=1S/C18H17NO5S/c1-22-18(21)16-11-7-9-25-15(11)6-8-19(16)17(20)14-10-23-12-4-2-3-5-13(12)24-14/h2-5,7,9,14,16H,6,8,10H2,1H3. The second kappa shape index (κ2) is 6.40.